The zero-order valence-corrected chi connectivity index (χ0v) is 12.9. The van der Waals surface area contributed by atoms with Gasteiger partial charge in [-0.3, -0.25) is 0 Å². The maximum Gasteiger partial charge on any atom is 0.149 e. The standard InChI is InChI=1S/C19H18ClF/c1-11-5-4-6-12-9-10-14-13-7-2-3-8-15(13)19(21)18(20)17(14)16(11)12/h3,8-11H,2,4-7H2,1H3. The summed E-state index contributed by atoms with van der Waals surface area (Å²) in [5, 5.41) is 2.46. The molecule has 0 fully saturated rings. The predicted molar refractivity (Wildman–Crippen MR) is 87.6 cm³/mol. The Labute approximate surface area is 129 Å². The SMILES string of the molecule is CC1CCCc2ccc3c4c(c(F)c(Cl)c3c21)C=CCC4. The van der Waals surface area contributed by atoms with Gasteiger partial charge in [0.2, 0.25) is 0 Å². The molecule has 0 nitrogen and oxygen atoms in total. The average molecular weight is 301 g/mol. The molecule has 2 aromatic rings. The van der Waals surface area contributed by atoms with Gasteiger partial charge in [0, 0.05) is 10.9 Å². The Morgan fingerprint density at radius 1 is 1.24 bits per heavy atom. The number of fused-ring (bicyclic) bond motifs is 5. The van der Waals surface area contributed by atoms with Crippen LogP contribution >= 0.6 is 11.6 Å². The van der Waals surface area contributed by atoms with Crippen LogP contribution in [-0.2, 0) is 12.8 Å². The second kappa shape index (κ2) is 4.84. The van der Waals surface area contributed by atoms with Crippen LogP contribution in [0.4, 0.5) is 4.39 Å². The molecule has 0 amide bonds. The largest absolute Gasteiger partial charge is 0.205 e. The van der Waals surface area contributed by atoms with Crippen LogP contribution in [-0.4, -0.2) is 0 Å². The second-order valence-corrected chi connectivity index (χ2v) is 6.69. The van der Waals surface area contributed by atoms with Gasteiger partial charge in [0.15, 0.2) is 0 Å². The van der Waals surface area contributed by atoms with Crippen molar-refractivity contribution in [3.05, 3.63) is 51.3 Å². The van der Waals surface area contributed by atoms with E-state index >= 15 is 0 Å². The molecule has 2 aliphatic carbocycles. The number of allylic oxidation sites excluding steroid dienone is 1. The van der Waals surface area contributed by atoms with Crippen LogP contribution in [0, 0.1) is 5.82 Å². The van der Waals surface area contributed by atoms with E-state index in [0.717, 1.165) is 35.6 Å². The van der Waals surface area contributed by atoms with Crippen molar-refractivity contribution in [3.8, 4) is 0 Å². The lowest BCUT2D eigenvalue weighted by molar-refractivity contribution is 0.593. The van der Waals surface area contributed by atoms with Gasteiger partial charge in [-0.1, -0.05) is 42.8 Å². The topological polar surface area (TPSA) is 0 Å². The van der Waals surface area contributed by atoms with Crippen LogP contribution in [0.25, 0.3) is 16.8 Å². The molecule has 4 rings (SSSR count). The molecule has 108 valence electrons. The van der Waals surface area contributed by atoms with Crippen molar-refractivity contribution in [2.75, 3.05) is 0 Å². The molecule has 2 heteroatoms. The van der Waals surface area contributed by atoms with Gasteiger partial charge in [-0.25, -0.2) is 4.39 Å². The monoisotopic (exact) mass is 300 g/mol. The first-order valence-corrected chi connectivity index (χ1v) is 8.18. The Balaban J connectivity index is 2.16. The van der Waals surface area contributed by atoms with Crippen molar-refractivity contribution in [1.82, 2.24) is 0 Å². The van der Waals surface area contributed by atoms with E-state index < -0.39 is 0 Å². The van der Waals surface area contributed by atoms with Gasteiger partial charge in [0.05, 0.1) is 5.02 Å². The summed E-state index contributed by atoms with van der Waals surface area (Å²) in [4.78, 5) is 0. The van der Waals surface area contributed by atoms with E-state index in [1.165, 1.54) is 24.0 Å². The smallest absolute Gasteiger partial charge is 0.149 e. The van der Waals surface area contributed by atoms with Gasteiger partial charge in [0.25, 0.3) is 0 Å². The number of aryl methyl sites for hydroxylation is 2. The van der Waals surface area contributed by atoms with Crippen molar-refractivity contribution < 1.29 is 4.39 Å². The minimum Gasteiger partial charge on any atom is -0.205 e. The zero-order chi connectivity index (χ0) is 14.6. The van der Waals surface area contributed by atoms with Crippen molar-refractivity contribution in [3.63, 3.8) is 0 Å². The van der Waals surface area contributed by atoms with Crippen LogP contribution in [0.15, 0.2) is 18.2 Å². The van der Waals surface area contributed by atoms with Crippen LogP contribution < -0.4 is 0 Å². The maximum atomic E-state index is 14.7. The number of benzene rings is 2. The van der Waals surface area contributed by atoms with Crippen LogP contribution in [0.1, 0.15) is 54.4 Å². The molecule has 0 saturated heterocycles. The van der Waals surface area contributed by atoms with Crippen LogP contribution in [0.3, 0.4) is 0 Å². The number of hydrogen-bond acceptors (Lipinski definition) is 0. The van der Waals surface area contributed by atoms with E-state index in [4.69, 9.17) is 11.6 Å². The summed E-state index contributed by atoms with van der Waals surface area (Å²) in [5.74, 6) is 0.229. The lowest BCUT2D eigenvalue weighted by Gasteiger charge is -2.27. The summed E-state index contributed by atoms with van der Waals surface area (Å²) < 4.78 is 14.7. The van der Waals surface area contributed by atoms with Crippen LogP contribution in [0.2, 0.25) is 5.02 Å². The van der Waals surface area contributed by atoms with Crippen molar-refractivity contribution in [2.24, 2.45) is 0 Å². The third-order valence-electron chi connectivity index (χ3n) is 5.06. The minimum absolute atomic E-state index is 0.235. The first-order chi connectivity index (χ1) is 10.2. The molecule has 0 aromatic heterocycles. The molecule has 0 bridgehead atoms. The Hall–Kier alpha value is -1.34. The summed E-state index contributed by atoms with van der Waals surface area (Å²) in [5.41, 5.74) is 4.48. The van der Waals surface area contributed by atoms with Crippen LogP contribution in [0.5, 0.6) is 0 Å². The summed E-state index contributed by atoms with van der Waals surface area (Å²) in [7, 11) is 0. The normalized spacial score (nSPS) is 20.4. The fourth-order valence-corrected chi connectivity index (χ4v) is 4.36. The van der Waals surface area contributed by atoms with Crippen molar-refractivity contribution in [1.29, 1.82) is 0 Å². The fraction of sp³-hybridized carbons (Fsp3) is 0.368. The molecule has 0 aliphatic heterocycles. The Bertz CT molecular complexity index is 773. The van der Waals surface area contributed by atoms with E-state index in [2.05, 4.69) is 19.1 Å². The number of halogens is 2. The lowest BCUT2D eigenvalue weighted by atomic mass is 9.79. The molecule has 1 atom stereocenters. The first-order valence-electron chi connectivity index (χ1n) is 7.80. The molecule has 2 aliphatic rings. The van der Waals surface area contributed by atoms with Gasteiger partial charge in [0.1, 0.15) is 5.82 Å². The van der Waals surface area contributed by atoms with Gasteiger partial charge in [-0.2, -0.15) is 0 Å². The Morgan fingerprint density at radius 3 is 2.95 bits per heavy atom. The van der Waals surface area contributed by atoms with Gasteiger partial charge < -0.3 is 0 Å². The number of hydrogen-bond donors (Lipinski definition) is 0. The second-order valence-electron chi connectivity index (χ2n) is 6.32. The molecule has 1 unspecified atom stereocenters. The molecule has 0 N–H and O–H groups in total. The Kier molecular flexibility index (Phi) is 3.08. The highest BCUT2D eigenvalue weighted by Gasteiger charge is 2.25. The zero-order valence-electron chi connectivity index (χ0n) is 12.2. The summed E-state index contributed by atoms with van der Waals surface area (Å²) >= 11 is 6.46. The first kappa shape index (κ1) is 13.3. The van der Waals surface area contributed by atoms with Gasteiger partial charge in [-0.05, 0) is 60.1 Å². The molecular weight excluding hydrogens is 283 g/mol. The molecule has 0 heterocycles. The van der Waals surface area contributed by atoms with Gasteiger partial charge >= 0.3 is 0 Å². The quantitative estimate of drug-likeness (QED) is 0.557. The van der Waals surface area contributed by atoms with E-state index in [9.17, 15) is 4.39 Å². The fourth-order valence-electron chi connectivity index (χ4n) is 4.05. The molecular formula is C19H18ClF. The highest BCUT2D eigenvalue weighted by Crippen LogP contribution is 2.44. The highest BCUT2D eigenvalue weighted by molar-refractivity contribution is 6.36. The van der Waals surface area contributed by atoms with E-state index in [1.54, 1.807) is 0 Å². The van der Waals surface area contributed by atoms with E-state index in [-0.39, 0.29) is 5.82 Å². The van der Waals surface area contributed by atoms with Crippen molar-refractivity contribution in [2.45, 2.75) is 44.9 Å². The van der Waals surface area contributed by atoms with Gasteiger partial charge in [-0.15, -0.1) is 0 Å². The highest BCUT2D eigenvalue weighted by atomic mass is 35.5. The van der Waals surface area contributed by atoms with E-state index in [1.807, 2.05) is 12.2 Å². The third-order valence-corrected chi connectivity index (χ3v) is 5.41. The predicted octanol–water partition coefficient (Wildman–Crippen LogP) is 6.03. The molecule has 0 spiro atoms. The summed E-state index contributed by atoms with van der Waals surface area (Å²) in [6.45, 7) is 2.24. The molecule has 0 radical (unpaired) electrons. The summed E-state index contributed by atoms with van der Waals surface area (Å²) in [6.07, 6.45) is 9.29. The molecule has 2 aromatic carbocycles. The lowest BCUT2D eigenvalue weighted by Crippen LogP contribution is -2.10. The van der Waals surface area contributed by atoms with Crippen molar-refractivity contribution >= 4 is 28.4 Å². The third kappa shape index (κ3) is 1.87. The molecule has 0 saturated carbocycles. The van der Waals surface area contributed by atoms with E-state index in [0.29, 0.717) is 16.5 Å². The Morgan fingerprint density at radius 2 is 2.10 bits per heavy atom. The molecule has 21 heavy (non-hydrogen) atoms. The number of rotatable bonds is 0. The summed E-state index contributed by atoms with van der Waals surface area (Å²) in [6, 6.07) is 4.40. The maximum absolute atomic E-state index is 14.7. The average Bonchev–Trinajstić information content (AvgIpc) is 2.52. The minimum atomic E-state index is -0.235.